The van der Waals surface area contributed by atoms with Crippen LogP contribution >= 0.6 is 0 Å². The van der Waals surface area contributed by atoms with Crippen molar-refractivity contribution in [3.05, 3.63) is 19.3 Å². The molecule has 0 rings (SSSR count). The Labute approximate surface area is 164 Å². The minimum atomic E-state index is -0.187. The van der Waals surface area contributed by atoms with Gasteiger partial charge in [0.25, 0.3) is 0 Å². The van der Waals surface area contributed by atoms with E-state index < -0.39 is 0 Å². The van der Waals surface area contributed by atoms with Crippen molar-refractivity contribution in [1.29, 1.82) is 0 Å². The van der Waals surface area contributed by atoms with E-state index in [1.165, 1.54) is 41.5 Å². The molecular weight excluding hydrogens is 420 g/mol. The van der Waals surface area contributed by atoms with Crippen LogP contribution in [0.2, 0.25) is 0 Å². The van der Waals surface area contributed by atoms with Gasteiger partial charge in [0.15, 0.2) is 0 Å². The number of rotatable bonds is 6. The minimum Gasteiger partial charge on any atom is -0.334 e. The summed E-state index contributed by atoms with van der Waals surface area (Å²) >= 11 is 0. The molecule has 0 saturated carbocycles. The number of carbonyl (C=O) groups excluding carboxylic acids is 6. The van der Waals surface area contributed by atoms with Crippen LogP contribution < -0.4 is 0 Å². The van der Waals surface area contributed by atoms with Crippen LogP contribution in [-0.2, 0) is 28.8 Å². The van der Waals surface area contributed by atoms with E-state index in [1.807, 2.05) is 0 Å². The van der Waals surface area contributed by atoms with Crippen LogP contribution in [0.25, 0.3) is 0 Å². The summed E-state index contributed by atoms with van der Waals surface area (Å²) in [4.78, 5) is 59.9. The normalized spacial score (nSPS) is 7.36. The molecule has 0 spiro atoms. The second kappa shape index (κ2) is 18.0. The second-order valence-electron chi connectivity index (χ2n) is 4.10. The van der Waals surface area contributed by atoms with Gasteiger partial charge in [0.05, 0.1) is 0 Å². The predicted molar refractivity (Wildman–Crippen MR) is 77.0 cm³/mol. The number of hydrogen-bond acceptors (Lipinski definition) is 6. The van der Waals surface area contributed by atoms with E-state index >= 15 is 0 Å². The molecular formula is C15H21NdO6. The third-order valence-electron chi connectivity index (χ3n) is 1.22. The molecule has 0 heterocycles. The van der Waals surface area contributed by atoms with E-state index in [4.69, 9.17) is 0 Å². The molecule has 6 nitrogen and oxygen atoms in total. The quantitative estimate of drug-likeness (QED) is 0.452. The molecule has 0 N–H and O–H groups in total. The third kappa shape index (κ3) is 50.9. The van der Waals surface area contributed by atoms with Crippen molar-refractivity contribution in [3.63, 3.8) is 0 Å². The molecule has 0 aliphatic heterocycles. The summed E-state index contributed by atoms with van der Waals surface area (Å²) in [6.07, 6.45) is 3.17. The van der Waals surface area contributed by atoms with Crippen LogP contribution in [0.3, 0.4) is 0 Å². The van der Waals surface area contributed by atoms with Crippen LogP contribution in [0.4, 0.5) is 0 Å². The minimum absolute atomic E-state index is 0. The molecule has 0 aliphatic carbocycles. The maximum Gasteiger partial charge on any atom is 3.00 e. The Morgan fingerprint density at radius 3 is 0.500 bits per heavy atom. The molecule has 0 aliphatic rings. The molecule has 121 valence electrons. The molecule has 0 aromatic carbocycles. The Morgan fingerprint density at radius 1 is 0.409 bits per heavy atom. The summed E-state index contributed by atoms with van der Waals surface area (Å²) < 4.78 is 0. The van der Waals surface area contributed by atoms with Gasteiger partial charge in [0.2, 0.25) is 0 Å². The fourth-order valence-electron chi connectivity index (χ4n) is 0.859. The van der Waals surface area contributed by atoms with Gasteiger partial charge in [-0.2, -0.15) is 0 Å². The largest absolute Gasteiger partial charge is 3.00 e. The first-order valence-electron chi connectivity index (χ1n) is 5.96. The van der Waals surface area contributed by atoms with E-state index in [-0.39, 0.29) is 75.5 Å². The van der Waals surface area contributed by atoms with Crippen LogP contribution in [0, 0.1) is 60.1 Å². The van der Waals surface area contributed by atoms with Gasteiger partial charge in [0, 0.05) is 34.7 Å². The van der Waals surface area contributed by atoms with Gasteiger partial charge in [-0.25, -0.2) is 0 Å². The van der Waals surface area contributed by atoms with Gasteiger partial charge in [-0.15, -0.1) is 0 Å². The molecule has 0 saturated heterocycles. The first kappa shape index (κ1) is 29.0. The summed E-state index contributed by atoms with van der Waals surface area (Å²) in [5, 5.41) is 0. The van der Waals surface area contributed by atoms with Gasteiger partial charge >= 0.3 is 40.8 Å². The average molecular weight is 442 g/mol. The number of carbonyl (C=O) groups is 6. The smallest absolute Gasteiger partial charge is 0.334 e. The van der Waals surface area contributed by atoms with Crippen molar-refractivity contribution in [3.8, 4) is 0 Å². The van der Waals surface area contributed by atoms with E-state index in [1.54, 1.807) is 0 Å². The molecule has 0 aromatic rings. The number of ketones is 6. The Bertz CT molecular complexity index is 314. The Kier molecular flexibility index (Phi) is 23.8. The van der Waals surface area contributed by atoms with E-state index in [9.17, 15) is 28.8 Å². The molecule has 7 heteroatoms. The average Bonchev–Trinajstić information content (AvgIpc) is 2.10. The fraction of sp³-hybridized carbons (Fsp3) is 0.400. The van der Waals surface area contributed by atoms with Gasteiger partial charge in [-0.05, 0) is 41.5 Å². The van der Waals surface area contributed by atoms with Crippen molar-refractivity contribution in [2.24, 2.45) is 0 Å². The van der Waals surface area contributed by atoms with Crippen molar-refractivity contribution < 1.29 is 69.6 Å². The standard InChI is InChI=1S/3C5H7O2.Nd/c3*1-4(6)3-5(2)7;/h3*3H,1-2H3;/q3*-1;+3. The van der Waals surface area contributed by atoms with Gasteiger partial charge in [0.1, 0.15) is 0 Å². The molecule has 0 atom stereocenters. The summed E-state index contributed by atoms with van der Waals surface area (Å²) in [5.41, 5.74) is 0. The zero-order valence-electron chi connectivity index (χ0n) is 13.7. The Hall–Kier alpha value is -1.02. The van der Waals surface area contributed by atoms with Gasteiger partial charge in [-0.1, -0.05) is 0 Å². The van der Waals surface area contributed by atoms with Crippen LogP contribution in [-0.4, -0.2) is 34.7 Å². The van der Waals surface area contributed by atoms with Gasteiger partial charge in [-0.3, -0.25) is 19.3 Å². The molecule has 0 unspecified atom stereocenters. The SMILES string of the molecule is CC(=O)[CH-]C(C)=O.CC(=O)[CH-]C(C)=O.CC(=O)[CH-]C(C)=O.[Nd+3]. The summed E-state index contributed by atoms with van der Waals surface area (Å²) in [7, 11) is 0. The number of hydrogen-bond donors (Lipinski definition) is 0. The summed E-state index contributed by atoms with van der Waals surface area (Å²) in [6, 6.07) is 0. The van der Waals surface area contributed by atoms with Crippen LogP contribution in [0.15, 0.2) is 0 Å². The van der Waals surface area contributed by atoms with Crippen molar-refractivity contribution in [2.75, 3.05) is 0 Å². The monoisotopic (exact) mass is 439 g/mol. The summed E-state index contributed by atoms with van der Waals surface area (Å²) in [6.45, 7) is 8.09. The van der Waals surface area contributed by atoms with Crippen LogP contribution in [0.1, 0.15) is 41.5 Å². The molecule has 1 radical (unpaired) electrons. The molecule has 22 heavy (non-hydrogen) atoms. The molecule has 0 amide bonds. The van der Waals surface area contributed by atoms with E-state index in [2.05, 4.69) is 0 Å². The first-order chi connectivity index (χ1) is 9.38. The van der Waals surface area contributed by atoms with E-state index in [0.29, 0.717) is 0 Å². The Morgan fingerprint density at radius 2 is 0.500 bits per heavy atom. The van der Waals surface area contributed by atoms with Crippen molar-refractivity contribution in [1.82, 2.24) is 0 Å². The second-order valence-corrected chi connectivity index (χ2v) is 4.10. The fourth-order valence-corrected chi connectivity index (χ4v) is 0.859. The maximum atomic E-state index is 9.98. The summed E-state index contributed by atoms with van der Waals surface area (Å²) in [5.74, 6) is -1.12. The van der Waals surface area contributed by atoms with Gasteiger partial charge < -0.3 is 28.8 Å². The first-order valence-corrected chi connectivity index (χ1v) is 5.96. The predicted octanol–water partition coefficient (Wildman–Crippen LogP) is 1.11. The molecule has 0 aromatic heterocycles. The number of Topliss-reactive ketones (excluding diaryl/α,β-unsaturated/α-hetero) is 6. The topological polar surface area (TPSA) is 102 Å². The van der Waals surface area contributed by atoms with E-state index in [0.717, 1.165) is 19.3 Å². The van der Waals surface area contributed by atoms with Crippen molar-refractivity contribution in [2.45, 2.75) is 41.5 Å². The maximum absolute atomic E-state index is 9.98. The Balaban J connectivity index is -0.000000108. The van der Waals surface area contributed by atoms with Crippen molar-refractivity contribution >= 4 is 34.7 Å². The van der Waals surface area contributed by atoms with Crippen LogP contribution in [0.5, 0.6) is 0 Å². The zero-order chi connectivity index (χ0) is 17.6. The zero-order valence-corrected chi connectivity index (χ0v) is 16.9. The molecule has 0 fully saturated rings. The molecule has 0 bridgehead atoms. The third-order valence-corrected chi connectivity index (χ3v) is 1.22.